The minimum atomic E-state index is 0.327. The Morgan fingerprint density at radius 3 is 2.77 bits per heavy atom. The quantitative estimate of drug-likeness (QED) is 0.900. The molecule has 0 atom stereocenters. The molecular formula is C17H21BrN4. The van der Waals surface area contributed by atoms with Gasteiger partial charge in [0.05, 0.1) is 0 Å². The number of nitrogens with zero attached hydrogens (tertiary/aromatic N) is 3. The maximum Gasteiger partial charge on any atom is 0.225 e. The number of aryl methyl sites for hydroxylation is 1. The number of hydrogen-bond donors (Lipinski definition) is 1. The van der Waals surface area contributed by atoms with Gasteiger partial charge in [-0.05, 0) is 50.5 Å². The zero-order valence-corrected chi connectivity index (χ0v) is 14.8. The number of fused-ring (bicyclic) bond motifs is 1. The average molecular weight is 361 g/mol. The molecule has 0 fully saturated rings. The van der Waals surface area contributed by atoms with Gasteiger partial charge in [-0.15, -0.1) is 0 Å². The lowest BCUT2D eigenvalue weighted by Gasteiger charge is -2.30. The fourth-order valence-corrected chi connectivity index (χ4v) is 3.17. The fraction of sp³-hybridized carbons (Fsp3) is 0.412. The first-order valence-electron chi connectivity index (χ1n) is 7.66. The number of anilines is 2. The topological polar surface area (TPSA) is 41.1 Å². The van der Waals surface area contributed by atoms with E-state index in [9.17, 15) is 0 Å². The normalized spacial score (nSPS) is 14.1. The Morgan fingerprint density at radius 1 is 1.18 bits per heavy atom. The first-order chi connectivity index (χ1) is 10.5. The van der Waals surface area contributed by atoms with Crippen LogP contribution in [0.25, 0.3) is 0 Å². The summed E-state index contributed by atoms with van der Waals surface area (Å²) in [5.41, 5.74) is 3.80. The molecule has 0 spiro atoms. The first-order valence-corrected chi connectivity index (χ1v) is 8.45. The van der Waals surface area contributed by atoms with E-state index in [1.807, 2.05) is 6.92 Å². The van der Waals surface area contributed by atoms with E-state index < -0.39 is 0 Å². The van der Waals surface area contributed by atoms with Crippen LogP contribution in [0.15, 0.2) is 28.7 Å². The van der Waals surface area contributed by atoms with Crippen LogP contribution in [0.1, 0.15) is 30.7 Å². The van der Waals surface area contributed by atoms with Crippen LogP contribution in [0, 0.1) is 6.92 Å². The highest BCUT2D eigenvalue weighted by atomic mass is 79.9. The standard InChI is InChI=1S/C17H21BrN4/c1-11(2)19-17-20-12(3)8-16(21-17)22-7-6-13-4-5-15(18)9-14(13)10-22/h4-5,8-9,11H,6-7,10H2,1-3H3,(H,19,20,21). The van der Waals surface area contributed by atoms with Crippen LogP contribution < -0.4 is 10.2 Å². The van der Waals surface area contributed by atoms with Crippen LogP contribution in [0.3, 0.4) is 0 Å². The zero-order valence-electron chi connectivity index (χ0n) is 13.2. The summed E-state index contributed by atoms with van der Waals surface area (Å²) >= 11 is 3.56. The third-order valence-corrected chi connectivity index (χ3v) is 4.26. The maximum absolute atomic E-state index is 4.68. The van der Waals surface area contributed by atoms with Crippen molar-refractivity contribution in [2.24, 2.45) is 0 Å². The first kappa shape index (κ1) is 15.3. The van der Waals surface area contributed by atoms with Gasteiger partial charge in [-0.1, -0.05) is 22.0 Å². The molecule has 0 radical (unpaired) electrons. The number of aromatic nitrogens is 2. The second-order valence-corrected chi connectivity index (χ2v) is 6.99. The second kappa shape index (κ2) is 6.24. The Labute approximate surface area is 140 Å². The number of nitrogens with one attached hydrogen (secondary N) is 1. The van der Waals surface area contributed by atoms with Crippen LogP contribution in [0.5, 0.6) is 0 Å². The lowest BCUT2D eigenvalue weighted by Crippen LogP contribution is -2.31. The van der Waals surface area contributed by atoms with E-state index in [0.29, 0.717) is 12.0 Å². The Hall–Kier alpha value is -1.62. The van der Waals surface area contributed by atoms with Crippen molar-refractivity contribution in [2.45, 2.75) is 39.8 Å². The van der Waals surface area contributed by atoms with Gasteiger partial charge in [-0.2, -0.15) is 4.98 Å². The minimum absolute atomic E-state index is 0.327. The Kier molecular flexibility index (Phi) is 4.34. The fourth-order valence-electron chi connectivity index (χ4n) is 2.76. The lowest BCUT2D eigenvalue weighted by molar-refractivity contribution is 0.717. The van der Waals surface area contributed by atoms with Crippen LogP contribution in [-0.4, -0.2) is 22.6 Å². The number of rotatable bonds is 3. The largest absolute Gasteiger partial charge is 0.352 e. The molecule has 2 aromatic rings. The van der Waals surface area contributed by atoms with E-state index in [4.69, 9.17) is 0 Å². The summed E-state index contributed by atoms with van der Waals surface area (Å²) in [6, 6.07) is 8.94. The molecular weight excluding hydrogens is 340 g/mol. The van der Waals surface area contributed by atoms with Crippen LogP contribution in [-0.2, 0) is 13.0 Å². The highest BCUT2D eigenvalue weighted by molar-refractivity contribution is 9.10. The van der Waals surface area contributed by atoms with E-state index in [2.05, 4.69) is 74.2 Å². The van der Waals surface area contributed by atoms with Crippen molar-refractivity contribution in [3.63, 3.8) is 0 Å². The van der Waals surface area contributed by atoms with Crippen molar-refractivity contribution in [2.75, 3.05) is 16.8 Å². The van der Waals surface area contributed by atoms with Gasteiger partial charge in [0, 0.05) is 35.4 Å². The number of benzene rings is 1. The molecule has 1 N–H and O–H groups in total. The molecule has 1 aromatic heterocycles. The van der Waals surface area contributed by atoms with Crippen molar-refractivity contribution < 1.29 is 0 Å². The van der Waals surface area contributed by atoms with Crippen molar-refractivity contribution in [3.05, 3.63) is 45.6 Å². The monoisotopic (exact) mass is 360 g/mol. The number of halogens is 1. The van der Waals surface area contributed by atoms with E-state index in [1.165, 1.54) is 11.1 Å². The average Bonchev–Trinajstić information content (AvgIpc) is 2.45. The molecule has 3 rings (SSSR count). The molecule has 116 valence electrons. The molecule has 0 aliphatic carbocycles. The summed E-state index contributed by atoms with van der Waals surface area (Å²) in [6.07, 6.45) is 1.05. The summed E-state index contributed by atoms with van der Waals surface area (Å²) in [7, 11) is 0. The summed E-state index contributed by atoms with van der Waals surface area (Å²) in [4.78, 5) is 11.5. The van der Waals surface area contributed by atoms with Crippen LogP contribution >= 0.6 is 15.9 Å². The number of hydrogen-bond acceptors (Lipinski definition) is 4. The predicted octanol–water partition coefficient (Wildman–Crippen LogP) is 3.93. The molecule has 2 heterocycles. The second-order valence-electron chi connectivity index (χ2n) is 6.07. The van der Waals surface area contributed by atoms with Crippen molar-refractivity contribution in [1.82, 2.24) is 9.97 Å². The zero-order chi connectivity index (χ0) is 15.7. The molecule has 1 aliphatic heterocycles. The summed E-state index contributed by atoms with van der Waals surface area (Å²) in [6.45, 7) is 8.10. The van der Waals surface area contributed by atoms with Gasteiger partial charge in [0.1, 0.15) is 5.82 Å². The summed E-state index contributed by atoms with van der Waals surface area (Å²) in [5.74, 6) is 1.71. The van der Waals surface area contributed by atoms with Crippen LogP contribution in [0.4, 0.5) is 11.8 Å². The molecule has 1 aliphatic rings. The highest BCUT2D eigenvalue weighted by Crippen LogP contribution is 2.26. The molecule has 1 aromatic carbocycles. The van der Waals surface area contributed by atoms with Crippen molar-refractivity contribution in [1.29, 1.82) is 0 Å². The van der Waals surface area contributed by atoms with Gasteiger partial charge >= 0.3 is 0 Å². The van der Waals surface area contributed by atoms with Crippen molar-refractivity contribution in [3.8, 4) is 0 Å². The molecule has 22 heavy (non-hydrogen) atoms. The minimum Gasteiger partial charge on any atom is -0.352 e. The Balaban J connectivity index is 1.87. The summed E-state index contributed by atoms with van der Waals surface area (Å²) in [5, 5.41) is 3.30. The Bertz CT molecular complexity index is 684. The van der Waals surface area contributed by atoms with Gasteiger partial charge in [0.25, 0.3) is 0 Å². The van der Waals surface area contributed by atoms with Gasteiger partial charge in [0.15, 0.2) is 0 Å². The SMILES string of the molecule is Cc1cc(N2CCc3ccc(Br)cc3C2)nc(NC(C)C)n1. The van der Waals surface area contributed by atoms with Crippen LogP contribution in [0.2, 0.25) is 0 Å². The molecule has 0 amide bonds. The predicted molar refractivity (Wildman–Crippen MR) is 94.4 cm³/mol. The maximum atomic E-state index is 4.68. The highest BCUT2D eigenvalue weighted by Gasteiger charge is 2.18. The summed E-state index contributed by atoms with van der Waals surface area (Å²) < 4.78 is 1.13. The Morgan fingerprint density at radius 2 is 2.00 bits per heavy atom. The van der Waals surface area contributed by atoms with Gasteiger partial charge < -0.3 is 10.2 Å². The van der Waals surface area contributed by atoms with E-state index in [1.54, 1.807) is 0 Å². The van der Waals surface area contributed by atoms with Crippen molar-refractivity contribution >= 4 is 27.7 Å². The van der Waals surface area contributed by atoms with Gasteiger partial charge in [-0.3, -0.25) is 0 Å². The molecule has 0 bridgehead atoms. The van der Waals surface area contributed by atoms with E-state index in [0.717, 1.165) is 35.5 Å². The van der Waals surface area contributed by atoms with Gasteiger partial charge in [0.2, 0.25) is 5.95 Å². The third kappa shape index (κ3) is 3.40. The lowest BCUT2D eigenvalue weighted by atomic mass is 10.00. The third-order valence-electron chi connectivity index (χ3n) is 3.76. The molecule has 0 unspecified atom stereocenters. The smallest absolute Gasteiger partial charge is 0.225 e. The molecule has 0 saturated heterocycles. The van der Waals surface area contributed by atoms with E-state index in [-0.39, 0.29) is 0 Å². The molecule has 0 saturated carbocycles. The van der Waals surface area contributed by atoms with Gasteiger partial charge in [-0.25, -0.2) is 4.98 Å². The van der Waals surface area contributed by atoms with E-state index >= 15 is 0 Å². The molecule has 4 nitrogen and oxygen atoms in total. The molecule has 5 heteroatoms.